The molecule has 1 aliphatic heterocycles. The van der Waals surface area contributed by atoms with E-state index in [4.69, 9.17) is 0 Å². The van der Waals surface area contributed by atoms with Crippen LogP contribution in [0, 0.1) is 0 Å². The smallest absolute Gasteiger partial charge is 0.0616 e. The van der Waals surface area contributed by atoms with Gasteiger partial charge in [-0.1, -0.05) is 85.9 Å². The van der Waals surface area contributed by atoms with Gasteiger partial charge in [-0.2, -0.15) is 0 Å². The minimum atomic E-state index is -1.62. The molecule has 4 aromatic carbocycles. The predicted molar refractivity (Wildman–Crippen MR) is 104 cm³/mol. The Bertz CT molecular complexity index is 1000. The first kappa shape index (κ1) is 13.1. The lowest BCUT2D eigenvalue weighted by atomic mass is 9.94. The lowest BCUT2D eigenvalue weighted by Crippen LogP contribution is -2.49. The van der Waals surface area contributed by atoms with Crippen LogP contribution in [0.2, 0.25) is 13.1 Å². The zero-order valence-corrected chi connectivity index (χ0v) is 14.4. The van der Waals surface area contributed by atoms with Crippen LogP contribution in [0.25, 0.3) is 32.7 Å². The molecule has 0 amide bonds. The van der Waals surface area contributed by atoms with Crippen molar-refractivity contribution in [1.29, 1.82) is 0 Å². The fourth-order valence-corrected chi connectivity index (χ4v) is 7.33. The summed E-state index contributed by atoms with van der Waals surface area (Å²) in [5, 5.41) is 8.67. The fraction of sp³-hybridized carbons (Fsp3) is 0.0909. The van der Waals surface area contributed by atoms with Crippen molar-refractivity contribution in [3.63, 3.8) is 0 Å². The molecule has 5 rings (SSSR count). The van der Waals surface area contributed by atoms with Gasteiger partial charge in [-0.3, -0.25) is 0 Å². The molecule has 0 N–H and O–H groups in total. The molecule has 0 spiro atoms. The molecule has 23 heavy (non-hydrogen) atoms. The van der Waals surface area contributed by atoms with Crippen molar-refractivity contribution in [3.05, 3.63) is 72.8 Å². The van der Waals surface area contributed by atoms with Gasteiger partial charge in [0.25, 0.3) is 0 Å². The molecule has 110 valence electrons. The average molecular weight is 310 g/mol. The second-order valence-electron chi connectivity index (χ2n) is 7.04. The quantitative estimate of drug-likeness (QED) is 0.409. The van der Waals surface area contributed by atoms with Crippen LogP contribution in [0.3, 0.4) is 0 Å². The van der Waals surface area contributed by atoms with E-state index in [1.54, 1.807) is 10.4 Å². The van der Waals surface area contributed by atoms with Gasteiger partial charge in [-0.15, -0.1) is 0 Å². The van der Waals surface area contributed by atoms with E-state index in [0.29, 0.717) is 0 Å². The Labute approximate surface area is 137 Å². The van der Waals surface area contributed by atoms with Gasteiger partial charge in [-0.25, -0.2) is 0 Å². The molecule has 0 nitrogen and oxygen atoms in total. The van der Waals surface area contributed by atoms with E-state index < -0.39 is 8.07 Å². The van der Waals surface area contributed by atoms with E-state index in [9.17, 15) is 0 Å². The molecule has 0 aromatic heterocycles. The van der Waals surface area contributed by atoms with Crippen molar-refractivity contribution in [2.24, 2.45) is 0 Å². The van der Waals surface area contributed by atoms with Gasteiger partial charge >= 0.3 is 0 Å². The summed E-state index contributed by atoms with van der Waals surface area (Å²) in [5.41, 5.74) is 2.98. The molecule has 0 radical (unpaired) electrons. The van der Waals surface area contributed by atoms with Gasteiger partial charge in [0.05, 0.1) is 0 Å². The topological polar surface area (TPSA) is 0 Å². The molecule has 0 saturated carbocycles. The first-order chi connectivity index (χ1) is 11.2. The van der Waals surface area contributed by atoms with E-state index in [-0.39, 0.29) is 0 Å². The monoisotopic (exact) mass is 310 g/mol. The summed E-state index contributed by atoms with van der Waals surface area (Å²) in [7, 11) is -1.62. The van der Waals surface area contributed by atoms with Crippen molar-refractivity contribution in [2.45, 2.75) is 13.1 Å². The largest absolute Gasteiger partial charge is 0.113 e. The van der Waals surface area contributed by atoms with E-state index in [1.165, 1.54) is 32.7 Å². The maximum Gasteiger partial charge on any atom is 0.113 e. The summed E-state index contributed by atoms with van der Waals surface area (Å²) in [6, 6.07) is 27.0. The number of hydrogen-bond acceptors (Lipinski definition) is 0. The van der Waals surface area contributed by atoms with Gasteiger partial charge in [0, 0.05) is 0 Å². The summed E-state index contributed by atoms with van der Waals surface area (Å²) in [5.74, 6) is 0. The Kier molecular flexibility index (Phi) is 2.47. The third-order valence-corrected chi connectivity index (χ3v) is 8.98. The van der Waals surface area contributed by atoms with Gasteiger partial charge in [0.2, 0.25) is 0 Å². The van der Waals surface area contributed by atoms with E-state index >= 15 is 0 Å². The molecule has 0 unspecified atom stereocenters. The number of hydrogen-bond donors (Lipinski definition) is 0. The van der Waals surface area contributed by atoms with Crippen molar-refractivity contribution in [2.75, 3.05) is 0 Å². The highest BCUT2D eigenvalue weighted by Crippen LogP contribution is 2.38. The standard InChI is InChI=1S/C22H18Si/c1-23(2)19-13-11-15-7-3-5-9-17(15)21(19)22-18-10-6-4-8-16(18)12-14-20(22)23/h3-14H,1-2H3. The molecule has 1 aliphatic rings. The molecule has 0 atom stereocenters. The van der Waals surface area contributed by atoms with Gasteiger partial charge in [-0.05, 0) is 43.0 Å². The normalized spacial score (nSPS) is 14.9. The Morgan fingerprint density at radius 1 is 0.522 bits per heavy atom. The molecule has 0 bridgehead atoms. The first-order valence-electron chi connectivity index (χ1n) is 8.23. The maximum atomic E-state index is 2.49. The molecular formula is C22H18Si. The average Bonchev–Trinajstić information content (AvgIpc) is 2.83. The Balaban J connectivity index is 2.06. The molecule has 0 fully saturated rings. The minimum Gasteiger partial charge on any atom is -0.0616 e. The Morgan fingerprint density at radius 3 is 1.43 bits per heavy atom. The second kappa shape index (κ2) is 4.33. The van der Waals surface area contributed by atoms with Crippen molar-refractivity contribution < 1.29 is 0 Å². The third-order valence-electron chi connectivity index (χ3n) is 5.45. The highest BCUT2D eigenvalue weighted by molar-refractivity contribution is 7.04. The number of fused-ring (bicyclic) bond motifs is 7. The van der Waals surface area contributed by atoms with Crippen molar-refractivity contribution >= 4 is 40.0 Å². The van der Waals surface area contributed by atoms with Crippen molar-refractivity contribution in [3.8, 4) is 11.1 Å². The van der Waals surface area contributed by atoms with Crippen LogP contribution >= 0.6 is 0 Å². The van der Waals surface area contributed by atoms with Crippen LogP contribution in [0.5, 0.6) is 0 Å². The molecule has 4 aromatic rings. The maximum absolute atomic E-state index is 2.49. The zero-order chi connectivity index (χ0) is 15.6. The second-order valence-corrected chi connectivity index (χ2v) is 11.4. The minimum absolute atomic E-state index is 1.34. The number of rotatable bonds is 0. The van der Waals surface area contributed by atoms with Gasteiger partial charge in [0.1, 0.15) is 8.07 Å². The summed E-state index contributed by atoms with van der Waals surface area (Å²) in [6.07, 6.45) is 0. The van der Waals surface area contributed by atoms with Gasteiger partial charge in [0.15, 0.2) is 0 Å². The molecule has 0 saturated heterocycles. The molecular weight excluding hydrogens is 292 g/mol. The third kappa shape index (κ3) is 1.60. The van der Waals surface area contributed by atoms with Crippen molar-refractivity contribution in [1.82, 2.24) is 0 Å². The van der Waals surface area contributed by atoms with E-state index in [0.717, 1.165) is 0 Å². The summed E-state index contributed by atoms with van der Waals surface area (Å²) < 4.78 is 0. The van der Waals surface area contributed by atoms with Gasteiger partial charge < -0.3 is 0 Å². The molecule has 0 aliphatic carbocycles. The predicted octanol–water partition coefficient (Wildman–Crippen LogP) is 4.80. The van der Waals surface area contributed by atoms with Crippen LogP contribution in [-0.4, -0.2) is 8.07 Å². The SMILES string of the molecule is C[Si]1(C)c2ccc3ccccc3c2-c2c1ccc1ccccc21. The van der Waals surface area contributed by atoms with Crippen LogP contribution < -0.4 is 10.4 Å². The Hall–Kier alpha value is -2.38. The highest BCUT2D eigenvalue weighted by atomic mass is 28.3. The van der Waals surface area contributed by atoms with E-state index in [2.05, 4.69) is 85.9 Å². The summed E-state index contributed by atoms with van der Waals surface area (Å²) >= 11 is 0. The molecule has 1 heteroatoms. The molecule has 1 heterocycles. The summed E-state index contributed by atoms with van der Waals surface area (Å²) in [4.78, 5) is 0. The fourth-order valence-electron chi connectivity index (χ4n) is 4.27. The lowest BCUT2D eigenvalue weighted by molar-refractivity contribution is 1.75. The van der Waals surface area contributed by atoms with Crippen LogP contribution in [-0.2, 0) is 0 Å². The van der Waals surface area contributed by atoms with Crippen LogP contribution in [0.4, 0.5) is 0 Å². The highest BCUT2D eigenvalue weighted by Gasteiger charge is 2.38. The summed E-state index contributed by atoms with van der Waals surface area (Å²) in [6.45, 7) is 4.97. The van der Waals surface area contributed by atoms with Crippen LogP contribution in [0.15, 0.2) is 72.8 Å². The Morgan fingerprint density at radius 2 is 0.957 bits per heavy atom. The van der Waals surface area contributed by atoms with Crippen LogP contribution in [0.1, 0.15) is 0 Å². The van der Waals surface area contributed by atoms with E-state index in [1.807, 2.05) is 0 Å². The first-order valence-corrected chi connectivity index (χ1v) is 11.2. The zero-order valence-electron chi connectivity index (χ0n) is 13.4. The lowest BCUT2D eigenvalue weighted by Gasteiger charge is -2.19. The number of benzene rings is 4.